The van der Waals surface area contributed by atoms with Gasteiger partial charge in [-0.15, -0.1) is 5.10 Å². The molecule has 128 valence electrons. The Bertz CT molecular complexity index is 816. The minimum Gasteiger partial charge on any atom is -0.497 e. The lowest BCUT2D eigenvalue weighted by Crippen LogP contribution is -2.25. The molecule has 6 heteroatoms. The zero-order valence-corrected chi connectivity index (χ0v) is 14.9. The highest BCUT2D eigenvalue weighted by molar-refractivity contribution is 8.15. The molecule has 1 saturated heterocycles. The van der Waals surface area contributed by atoms with Crippen LogP contribution in [0.5, 0.6) is 5.75 Å². The summed E-state index contributed by atoms with van der Waals surface area (Å²) in [5, 5.41) is 11.3. The van der Waals surface area contributed by atoms with Crippen molar-refractivity contribution in [3.05, 3.63) is 65.2 Å². The van der Waals surface area contributed by atoms with Gasteiger partial charge in [-0.05, 0) is 48.7 Å². The van der Waals surface area contributed by atoms with E-state index in [-0.39, 0.29) is 11.2 Å². The number of carbonyl (C=O) groups excluding carboxylic acids is 1. The molecule has 0 bridgehead atoms. The van der Waals surface area contributed by atoms with Crippen LogP contribution in [0.25, 0.3) is 0 Å². The number of nitrogens with one attached hydrogen (secondary N) is 1. The van der Waals surface area contributed by atoms with Gasteiger partial charge < -0.3 is 10.1 Å². The average Bonchev–Trinajstić information content (AvgIpc) is 2.95. The average molecular weight is 353 g/mol. The normalized spacial score (nSPS) is 18.7. The quantitative estimate of drug-likeness (QED) is 0.663. The second-order valence-corrected chi connectivity index (χ2v) is 6.90. The summed E-state index contributed by atoms with van der Waals surface area (Å²) in [5.74, 6) is 0.769. The third kappa shape index (κ3) is 4.70. The lowest BCUT2D eigenvalue weighted by atomic mass is 10.1. The largest absolute Gasteiger partial charge is 0.497 e. The van der Waals surface area contributed by atoms with Gasteiger partial charge in [0, 0.05) is 0 Å². The number of nitrogens with zero attached hydrogens (tertiary/aromatic N) is 2. The van der Waals surface area contributed by atoms with Crippen LogP contribution in [0.15, 0.2) is 58.7 Å². The Morgan fingerprint density at radius 3 is 2.76 bits per heavy atom. The Kier molecular flexibility index (Phi) is 5.50. The van der Waals surface area contributed by atoms with Gasteiger partial charge >= 0.3 is 0 Å². The molecule has 1 amide bonds. The topological polar surface area (TPSA) is 63.1 Å². The molecule has 0 spiro atoms. The third-order valence-electron chi connectivity index (χ3n) is 3.75. The maximum Gasteiger partial charge on any atom is 0.239 e. The van der Waals surface area contributed by atoms with E-state index in [0.717, 1.165) is 16.9 Å². The third-order valence-corrected chi connectivity index (χ3v) is 4.82. The number of hydrogen-bond donors (Lipinski definition) is 1. The van der Waals surface area contributed by atoms with E-state index >= 15 is 0 Å². The van der Waals surface area contributed by atoms with Crippen molar-refractivity contribution in [2.24, 2.45) is 10.2 Å². The summed E-state index contributed by atoms with van der Waals surface area (Å²) in [6, 6.07) is 15.7. The first-order valence-electron chi connectivity index (χ1n) is 7.92. The van der Waals surface area contributed by atoms with Gasteiger partial charge in [-0.3, -0.25) is 4.79 Å². The molecule has 1 N–H and O–H groups in total. The molecule has 0 radical (unpaired) electrons. The Morgan fingerprint density at radius 2 is 2.04 bits per heavy atom. The number of rotatable bonds is 5. The summed E-state index contributed by atoms with van der Waals surface area (Å²) in [4.78, 5) is 12.1. The van der Waals surface area contributed by atoms with Crippen molar-refractivity contribution < 1.29 is 9.53 Å². The number of benzene rings is 2. The standard InChI is InChI=1S/C19H19N3O2S/c1-13-4-3-5-15(10-13)11-17-18(23)21-19(25-17)22-20-12-14-6-8-16(24-2)9-7-14/h3-10,12,17H,11H2,1-2H3,(H,21,22,23)/t17-/m0/s1. The molecule has 1 aliphatic rings. The molecule has 2 aromatic rings. The molecule has 2 aromatic carbocycles. The lowest BCUT2D eigenvalue weighted by molar-refractivity contribution is -0.118. The van der Waals surface area contributed by atoms with Gasteiger partial charge in [0.1, 0.15) is 5.75 Å². The summed E-state index contributed by atoms with van der Waals surface area (Å²) in [6.07, 6.45) is 2.33. The summed E-state index contributed by atoms with van der Waals surface area (Å²) in [7, 11) is 1.63. The molecule has 5 nitrogen and oxygen atoms in total. The predicted molar refractivity (Wildman–Crippen MR) is 102 cm³/mol. The van der Waals surface area contributed by atoms with E-state index in [1.807, 2.05) is 49.4 Å². The summed E-state index contributed by atoms with van der Waals surface area (Å²) in [5.41, 5.74) is 3.25. The smallest absolute Gasteiger partial charge is 0.239 e. The molecule has 1 heterocycles. The molecule has 0 aliphatic carbocycles. The van der Waals surface area contributed by atoms with Crippen LogP contribution in [0, 0.1) is 6.92 Å². The fourth-order valence-corrected chi connectivity index (χ4v) is 3.44. The molecule has 0 aromatic heterocycles. The molecule has 3 rings (SSSR count). The number of methoxy groups -OCH3 is 1. The monoisotopic (exact) mass is 353 g/mol. The Labute approximate surface area is 151 Å². The van der Waals surface area contributed by atoms with Crippen molar-refractivity contribution in [2.75, 3.05) is 7.11 Å². The summed E-state index contributed by atoms with van der Waals surface area (Å²) in [6.45, 7) is 2.05. The van der Waals surface area contributed by atoms with E-state index in [1.165, 1.54) is 17.3 Å². The Morgan fingerprint density at radius 1 is 1.24 bits per heavy atom. The zero-order chi connectivity index (χ0) is 17.6. The van der Waals surface area contributed by atoms with Gasteiger partial charge in [0.25, 0.3) is 0 Å². The predicted octanol–water partition coefficient (Wildman–Crippen LogP) is 3.17. The highest BCUT2D eigenvalue weighted by atomic mass is 32.2. The first-order chi connectivity index (χ1) is 12.1. The van der Waals surface area contributed by atoms with Crippen LogP contribution < -0.4 is 10.1 Å². The first kappa shape index (κ1) is 17.2. The zero-order valence-electron chi connectivity index (χ0n) is 14.1. The summed E-state index contributed by atoms with van der Waals surface area (Å²) < 4.78 is 5.11. The van der Waals surface area contributed by atoms with Crippen LogP contribution in [0.1, 0.15) is 16.7 Å². The number of carbonyl (C=O) groups is 1. The highest BCUT2D eigenvalue weighted by Crippen LogP contribution is 2.23. The van der Waals surface area contributed by atoms with Crippen molar-refractivity contribution in [3.8, 4) is 5.75 Å². The van der Waals surface area contributed by atoms with Gasteiger partial charge in [0.2, 0.25) is 5.91 Å². The molecule has 25 heavy (non-hydrogen) atoms. The van der Waals surface area contributed by atoms with Crippen LogP contribution in [-0.4, -0.2) is 29.6 Å². The van der Waals surface area contributed by atoms with Gasteiger partial charge in [0.15, 0.2) is 5.17 Å². The van der Waals surface area contributed by atoms with E-state index in [1.54, 1.807) is 13.3 Å². The summed E-state index contributed by atoms with van der Waals surface area (Å²) >= 11 is 1.42. The SMILES string of the molecule is COc1ccc(C=N/N=C2\NC(=O)[C@H](Cc3cccc(C)c3)S2)cc1. The van der Waals surface area contributed by atoms with Crippen molar-refractivity contribution in [2.45, 2.75) is 18.6 Å². The number of ether oxygens (including phenoxy) is 1. The number of amides is 1. The second-order valence-electron chi connectivity index (χ2n) is 5.71. The van der Waals surface area contributed by atoms with Crippen LogP contribution in [0.3, 0.4) is 0 Å². The van der Waals surface area contributed by atoms with E-state index in [9.17, 15) is 4.79 Å². The van der Waals surface area contributed by atoms with E-state index in [2.05, 4.69) is 21.6 Å². The fourth-order valence-electron chi connectivity index (χ4n) is 2.48. The lowest BCUT2D eigenvalue weighted by Gasteiger charge is -2.05. The van der Waals surface area contributed by atoms with E-state index in [0.29, 0.717) is 11.6 Å². The second kappa shape index (κ2) is 7.98. The van der Waals surface area contributed by atoms with Crippen LogP contribution in [-0.2, 0) is 11.2 Å². The number of hydrogen-bond acceptors (Lipinski definition) is 5. The number of amidine groups is 1. The molecule has 1 atom stereocenters. The van der Waals surface area contributed by atoms with Crippen molar-refractivity contribution in [1.29, 1.82) is 0 Å². The van der Waals surface area contributed by atoms with E-state index < -0.39 is 0 Å². The van der Waals surface area contributed by atoms with Crippen LogP contribution in [0.4, 0.5) is 0 Å². The highest BCUT2D eigenvalue weighted by Gasteiger charge is 2.30. The van der Waals surface area contributed by atoms with E-state index in [4.69, 9.17) is 4.74 Å². The first-order valence-corrected chi connectivity index (χ1v) is 8.80. The molecule has 1 fully saturated rings. The molecular weight excluding hydrogens is 334 g/mol. The van der Waals surface area contributed by atoms with Crippen LogP contribution >= 0.6 is 11.8 Å². The molecule has 0 unspecified atom stereocenters. The van der Waals surface area contributed by atoms with Gasteiger partial charge in [-0.2, -0.15) is 5.10 Å². The van der Waals surface area contributed by atoms with Crippen molar-refractivity contribution in [1.82, 2.24) is 5.32 Å². The maximum atomic E-state index is 12.1. The van der Waals surface area contributed by atoms with Crippen molar-refractivity contribution in [3.63, 3.8) is 0 Å². The number of thioether (sulfide) groups is 1. The van der Waals surface area contributed by atoms with Gasteiger partial charge in [-0.25, -0.2) is 0 Å². The van der Waals surface area contributed by atoms with Gasteiger partial charge in [0.05, 0.1) is 18.6 Å². The Balaban J connectivity index is 1.61. The number of aryl methyl sites for hydroxylation is 1. The van der Waals surface area contributed by atoms with Crippen molar-refractivity contribution >= 4 is 29.1 Å². The minimum absolute atomic E-state index is 0.0232. The molecule has 0 saturated carbocycles. The fraction of sp³-hybridized carbons (Fsp3) is 0.211. The maximum absolute atomic E-state index is 12.1. The van der Waals surface area contributed by atoms with Crippen LogP contribution in [0.2, 0.25) is 0 Å². The molecule has 1 aliphatic heterocycles. The van der Waals surface area contributed by atoms with Gasteiger partial charge in [-0.1, -0.05) is 41.6 Å². The minimum atomic E-state index is -0.170. The Hall–Kier alpha value is -2.60. The molecular formula is C19H19N3O2S.